The zero-order valence-electron chi connectivity index (χ0n) is 14.0. The summed E-state index contributed by atoms with van der Waals surface area (Å²) in [5, 5.41) is 3.58. The standard InChI is InChI=1S/C20H23NO3/c1-14(15-9-10-19-20(11-15)23-13-22-19)21-12-16-5-2-3-8-18(16)24-17-6-4-7-17/h2-3,5,8-11,14,17,21H,4,6-7,12-13H2,1H3. The predicted octanol–water partition coefficient (Wildman–Crippen LogP) is 4.20. The second-order valence-corrected chi connectivity index (χ2v) is 6.49. The third kappa shape index (κ3) is 3.20. The number of benzene rings is 2. The Labute approximate surface area is 142 Å². The molecule has 0 amide bonds. The highest BCUT2D eigenvalue weighted by atomic mass is 16.7. The first-order valence-corrected chi connectivity index (χ1v) is 8.67. The number of fused-ring (bicyclic) bond motifs is 1. The average Bonchev–Trinajstić information content (AvgIpc) is 3.04. The summed E-state index contributed by atoms with van der Waals surface area (Å²) in [4.78, 5) is 0. The lowest BCUT2D eigenvalue weighted by molar-refractivity contribution is 0.119. The van der Waals surface area contributed by atoms with Crippen molar-refractivity contribution in [3.05, 3.63) is 53.6 Å². The van der Waals surface area contributed by atoms with Crippen molar-refractivity contribution in [2.45, 2.75) is 44.9 Å². The first-order chi connectivity index (χ1) is 11.8. The molecule has 2 aromatic carbocycles. The third-order valence-corrected chi connectivity index (χ3v) is 4.81. The van der Waals surface area contributed by atoms with E-state index in [2.05, 4.69) is 42.6 Å². The van der Waals surface area contributed by atoms with E-state index in [1.54, 1.807) is 0 Å². The lowest BCUT2D eigenvalue weighted by Gasteiger charge is -2.27. The van der Waals surface area contributed by atoms with E-state index in [9.17, 15) is 0 Å². The van der Waals surface area contributed by atoms with E-state index in [0.717, 1.165) is 23.8 Å². The van der Waals surface area contributed by atoms with Crippen molar-refractivity contribution in [2.75, 3.05) is 6.79 Å². The van der Waals surface area contributed by atoms with E-state index in [1.807, 2.05) is 12.1 Å². The van der Waals surface area contributed by atoms with Crippen LogP contribution in [0.5, 0.6) is 17.2 Å². The summed E-state index contributed by atoms with van der Waals surface area (Å²) < 4.78 is 16.9. The molecule has 1 heterocycles. The SMILES string of the molecule is CC(NCc1ccccc1OC1CCC1)c1ccc2c(c1)OCO2. The summed E-state index contributed by atoms with van der Waals surface area (Å²) in [7, 11) is 0. The van der Waals surface area contributed by atoms with Gasteiger partial charge in [-0.1, -0.05) is 24.3 Å². The van der Waals surface area contributed by atoms with Crippen LogP contribution < -0.4 is 19.5 Å². The van der Waals surface area contributed by atoms with Gasteiger partial charge in [0, 0.05) is 18.2 Å². The highest BCUT2D eigenvalue weighted by molar-refractivity contribution is 5.45. The maximum atomic E-state index is 6.10. The van der Waals surface area contributed by atoms with Crippen LogP contribution >= 0.6 is 0 Å². The minimum Gasteiger partial charge on any atom is -0.490 e. The third-order valence-electron chi connectivity index (χ3n) is 4.81. The zero-order chi connectivity index (χ0) is 16.4. The quantitative estimate of drug-likeness (QED) is 0.864. The Hall–Kier alpha value is -2.20. The minimum absolute atomic E-state index is 0.219. The van der Waals surface area contributed by atoms with Crippen LogP contribution in [0.2, 0.25) is 0 Å². The van der Waals surface area contributed by atoms with Crippen molar-refractivity contribution >= 4 is 0 Å². The summed E-state index contributed by atoms with van der Waals surface area (Å²) in [6.07, 6.45) is 4.04. The molecule has 2 aromatic rings. The number of ether oxygens (including phenoxy) is 3. The molecule has 0 saturated heterocycles. The lowest BCUT2D eigenvalue weighted by atomic mass is 9.96. The number of rotatable bonds is 6. The van der Waals surface area contributed by atoms with Crippen molar-refractivity contribution in [3.8, 4) is 17.2 Å². The molecule has 1 unspecified atom stereocenters. The van der Waals surface area contributed by atoms with Crippen LogP contribution in [-0.4, -0.2) is 12.9 Å². The first kappa shape index (κ1) is 15.3. The molecule has 24 heavy (non-hydrogen) atoms. The predicted molar refractivity (Wildman–Crippen MR) is 92.5 cm³/mol. The molecule has 126 valence electrons. The molecular weight excluding hydrogens is 302 g/mol. The number of para-hydroxylation sites is 1. The van der Waals surface area contributed by atoms with E-state index in [1.165, 1.54) is 30.4 Å². The highest BCUT2D eigenvalue weighted by Gasteiger charge is 2.20. The normalized spacial score (nSPS) is 17.4. The van der Waals surface area contributed by atoms with E-state index in [4.69, 9.17) is 14.2 Å². The fourth-order valence-corrected chi connectivity index (χ4v) is 3.00. The number of hydrogen-bond acceptors (Lipinski definition) is 4. The second kappa shape index (κ2) is 6.73. The van der Waals surface area contributed by atoms with Gasteiger partial charge < -0.3 is 19.5 Å². The van der Waals surface area contributed by atoms with Gasteiger partial charge in [0.1, 0.15) is 5.75 Å². The van der Waals surface area contributed by atoms with Gasteiger partial charge in [-0.2, -0.15) is 0 Å². The molecule has 1 atom stereocenters. The van der Waals surface area contributed by atoms with Crippen molar-refractivity contribution in [1.29, 1.82) is 0 Å². The van der Waals surface area contributed by atoms with Crippen molar-refractivity contribution < 1.29 is 14.2 Å². The molecule has 1 aliphatic carbocycles. The van der Waals surface area contributed by atoms with Crippen LogP contribution in [-0.2, 0) is 6.54 Å². The fourth-order valence-electron chi connectivity index (χ4n) is 3.00. The molecule has 4 rings (SSSR count). The second-order valence-electron chi connectivity index (χ2n) is 6.49. The van der Waals surface area contributed by atoms with Crippen molar-refractivity contribution in [2.24, 2.45) is 0 Å². The summed E-state index contributed by atoms with van der Waals surface area (Å²) in [6, 6.07) is 14.6. The molecule has 0 bridgehead atoms. The Kier molecular flexibility index (Phi) is 4.30. The van der Waals surface area contributed by atoms with Gasteiger partial charge in [0.2, 0.25) is 6.79 Å². The van der Waals surface area contributed by atoms with Gasteiger partial charge in [-0.3, -0.25) is 0 Å². The molecule has 0 aromatic heterocycles. The van der Waals surface area contributed by atoms with Crippen molar-refractivity contribution in [3.63, 3.8) is 0 Å². The molecule has 1 N–H and O–H groups in total. The monoisotopic (exact) mass is 325 g/mol. The van der Waals surface area contributed by atoms with Crippen LogP contribution in [0, 0.1) is 0 Å². The molecule has 2 aliphatic rings. The van der Waals surface area contributed by atoms with Crippen LogP contribution in [0.25, 0.3) is 0 Å². The van der Waals surface area contributed by atoms with Gasteiger partial charge in [-0.05, 0) is 49.9 Å². The lowest BCUT2D eigenvalue weighted by Crippen LogP contribution is -2.25. The van der Waals surface area contributed by atoms with E-state index in [0.29, 0.717) is 12.9 Å². The Morgan fingerprint density at radius 3 is 2.79 bits per heavy atom. The number of hydrogen-bond donors (Lipinski definition) is 1. The molecule has 1 saturated carbocycles. The van der Waals surface area contributed by atoms with Gasteiger partial charge in [-0.25, -0.2) is 0 Å². The minimum atomic E-state index is 0.219. The van der Waals surface area contributed by atoms with Gasteiger partial charge in [0.25, 0.3) is 0 Å². The van der Waals surface area contributed by atoms with Gasteiger partial charge >= 0.3 is 0 Å². The van der Waals surface area contributed by atoms with Gasteiger partial charge in [0.15, 0.2) is 11.5 Å². The van der Waals surface area contributed by atoms with Gasteiger partial charge in [-0.15, -0.1) is 0 Å². The molecule has 4 nitrogen and oxygen atoms in total. The molecule has 0 radical (unpaired) electrons. The zero-order valence-corrected chi connectivity index (χ0v) is 14.0. The molecule has 0 spiro atoms. The van der Waals surface area contributed by atoms with E-state index >= 15 is 0 Å². The Balaban J connectivity index is 1.41. The molecular formula is C20H23NO3. The summed E-state index contributed by atoms with van der Waals surface area (Å²) in [5.74, 6) is 2.66. The van der Waals surface area contributed by atoms with Gasteiger partial charge in [0.05, 0.1) is 6.10 Å². The molecule has 1 aliphatic heterocycles. The van der Waals surface area contributed by atoms with E-state index < -0.39 is 0 Å². The smallest absolute Gasteiger partial charge is 0.231 e. The number of nitrogens with one attached hydrogen (secondary N) is 1. The summed E-state index contributed by atoms with van der Waals surface area (Å²) in [5.41, 5.74) is 2.40. The van der Waals surface area contributed by atoms with Crippen molar-refractivity contribution in [1.82, 2.24) is 5.32 Å². The summed E-state index contributed by atoms with van der Waals surface area (Å²) in [6.45, 7) is 3.25. The topological polar surface area (TPSA) is 39.7 Å². The molecule has 4 heteroatoms. The fraction of sp³-hybridized carbons (Fsp3) is 0.400. The Morgan fingerprint density at radius 2 is 1.96 bits per heavy atom. The Bertz CT molecular complexity index is 712. The van der Waals surface area contributed by atoms with Crippen LogP contribution in [0.1, 0.15) is 43.4 Å². The maximum Gasteiger partial charge on any atom is 0.231 e. The van der Waals surface area contributed by atoms with Crippen LogP contribution in [0.15, 0.2) is 42.5 Å². The highest BCUT2D eigenvalue weighted by Crippen LogP contribution is 2.34. The van der Waals surface area contributed by atoms with Crippen LogP contribution in [0.4, 0.5) is 0 Å². The van der Waals surface area contributed by atoms with Crippen LogP contribution in [0.3, 0.4) is 0 Å². The maximum absolute atomic E-state index is 6.10. The molecule has 1 fully saturated rings. The summed E-state index contributed by atoms with van der Waals surface area (Å²) >= 11 is 0. The Morgan fingerprint density at radius 1 is 1.12 bits per heavy atom. The first-order valence-electron chi connectivity index (χ1n) is 8.67. The van der Waals surface area contributed by atoms with E-state index in [-0.39, 0.29) is 6.04 Å². The average molecular weight is 325 g/mol. The largest absolute Gasteiger partial charge is 0.490 e.